The van der Waals surface area contributed by atoms with Gasteiger partial charge in [-0.3, -0.25) is 9.69 Å². The second-order valence-electron chi connectivity index (χ2n) is 8.05. The largest absolute Gasteiger partial charge is 0.497 e. The third-order valence-electron chi connectivity index (χ3n) is 5.79. The van der Waals surface area contributed by atoms with E-state index in [0.717, 1.165) is 28.1 Å². The summed E-state index contributed by atoms with van der Waals surface area (Å²) in [6.45, 7) is 0.436. The minimum absolute atomic E-state index is 0.0540. The van der Waals surface area contributed by atoms with E-state index in [-0.39, 0.29) is 18.5 Å². The Labute approximate surface area is 207 Å². The van der Waals surface area contributed by atoms with Crippen molar-refractivity contribution in [1.82, 2.24) is 25.5 Å². The molecule has 1 atom stereocenters. The highest BCUT2D eigenvalue weighted by Crippen LogP contribution is 2.36. The number of allylic oxidation sites excluding steroid dienone is 1. The predicted octanol–water partition coefficient (Wildman–Crippen LogP) is 4.10. The molecule has 1 N–H and O–H groups in total. The van der Waals surface area contributed by atoms with E-state index >= 15 is 0 Å². The summed E-state index contributed by atoms with van der Waals surface area (Å²) in [5, 5.41) is 16.0. The van der Waals surface area contributed by atoms with E-state index < -0.39 is 0 Å². The molecule has 1 aliphatic rings. The first-order valence-corrected chi connectivity index (χ1v) is 11.5. The molecule has 9 heteroatoms. The number of halogens is 1. The van der Waals surface area contributed by atoms with Crippen molar-refractivity contribution in [2.24, 2.45) is 0 Å². The van der Waals surface area contributed by atoms with Crippen molar-refractivity contribution >= 4 is 29.2 Å². The lowest BCUT2D eigenvalue weighted by atomic mass is 10.0. The highest BCUT2D eigenvalue weighted by Gasteiger charge is 2.31. The second-order valence-corrected chi connectivity index (χ2v) is 8.49. The molecule has 1 aliphatic heterocycles. The van der Waals surface area contributed by atoms with Crippen molar-refractivity contribution in [3.05, 3.63) is 107 Å². The molecule has 2 heterocycles. The van der Waals surface area contributed by atoms with Crippen molar-refractivity contribution in [1.29, 1.82) is 0 Å². The minimum Gasteiger partial charge on any atom is -0.497 e. The molecule has 0 aliphatic carbocycles. The lowest BCUT2D eigenvalue weighted by Crippen LogP contribution is -2.39. The number of amides is 1. The number of nitrogens with one attached hydrogen (secondary N) is 1. The van der Waals surface area contributed by atoms with E-state index in [2.05, 4.69) is 26.9 Å². The Bertz CT molecular complexity index is 1350. The van der Waals surface area contributed by atoms with Crippen molar-refractivity contribution in [2.45, 2.75) is 12.6 Å². The molecule has 0 fully saturated rings. The van der Waals surface area contributed by atoms with Gasteiger partial charge in [-0.1, -0.05) is 71.3 Å². The van der Waals surface area contributed by atoms with Gasteiger partial charge in [0.2, 0.25) is 5.91 Å². The van der Waals surface area contributed by atoms with Crippen LogP contribution in [0.15, 0.2) is 84.9 Å². The number of carbonyl (C=O) groups excluding carboxylic acids is 1. The molecule has 1 aromatic heterocycles. The third kappa shape index (κ3) is 4.88. The van der Waals surface area contributed by atoms with Crippen LogP contribution in [0.25, 0.3) is 5.70 Å². The van der Waals surface area contributed by atoms with E-state index in [1.54, 1.807) is 11.8 Å². The van der Waals surface area contributed by atoms with Crippen LogP contribution in [0.4, 0.5) is 5.95 Å². The van der Waals surface area contributed by atoms with E-state index in [9.17, 15) is 4.79 Å². The zero-order valence-electron chi connectivity index (χ0n) is 19.0. The maximum Gasteiger partial charge on any atom is 0.251 e. The van der Waals surface area contributed by atoms with Crippen molar-refractivity contribution in [2.75, 3.05) is 18.6 Å². The number of carbonyl (C=O) groups is 1. The molecule has 3 aromatic carbocycles. The van der Waals surface area contributed by atoms with Gasteiger partial charge in [0.05, 0.1) is 12.8 Å². The van der Waals surface area contributed by atoms with Gasteiger partial charge in [0.1, 0.15) is 18.3 Å². The molecular weight excluding hydrogens is 464 g/mol. The summed E-state index contributed by atoms with van der Waals surface area (Å²) in [4.78, 5) is 14.9. The van der Waals surface area contributed by atoms with E-state index in [4.69, 9.17) is 16.3 Å². The molecule has 0 unspecified atom stereocenters. The summed E-state index contributed by atoms with van der Waals surface area (Å²) in [6.07, 6.45) is 2.07. The average molecular weight is 487 g/mol. The monoisotopic (exact) mass is 486 g/mol. The van der Waals surface area contributed by atoms with Crippen molar-refractivity contribution in [3.8, 4) is 5.75 Å². The molecule has 0 saturated carbocycles. The van der Waals surface area contributed by atoms with E-state index in [1.807, 2.05) is 83.8 Å². The van der Waals surface area contributed by atoms with Crippen LogP contribution in [0.1, 0.15) is 22.7 Å². The van der Waals surface area contributed by atoms with Gasteiger partial charge in [-0.2, -0.15) is 4.68 Å². The predicted molar refractivity (Wildman–Crippen MR) is 134 cm³/mol. The molecule has 1 amide bonds. The summed E-state index contributed by atoms with van der Waals surface area (Å²) < 4.78 is 6.98. The molecule has 0 saturated heterocycles. The number of methoxy groups -OCH3 is 1. The van der Waals surface area contributed by atoms with Gasteiger partial charge >= 0.3 is 0 Å². The Morgan fingerprint density at radius 3 is 2.63 bits per heavy atom. The summed E-state index contributed by atoms with van der Waals surface area (Å²) in [6, 6.07) is 24.8. The summed E-state index contributed by atoms with van der Waals surface area (Å²) in [5.74, 6) is 1.08. The van der Waals surface area contributed by atoms with Crippen LogP contribution in [0, 0.1) is 0 Å². The van der Waals surface area contributed by atoms with Gasteiger partial charge in [-0.05, 0) is 57.5 Å². The standard InChI is InChI=1S/C26H23ClN6O2/c1-35-22-9-5-6-18(14-22)16-28-25(34)17-32-23(19-7-3-2-4-8-19)15-24(33-26(32)29-30-31-33)20-10-12-21(27)13-11-20/h2-15,24H,16-17H2,1H3,(H,28,34)/t24-/m1/s1. The quantitative estimate of drug-likeness (QED) is 0.423. The van der Waals surface area contributed by atoms with Gasteiger partial charge < -0.3 is 10.1 Å². The number of tetrazole rings is 1. The molecule has 176 valence electrons. The number of benzene rings is 3. The molecular formula is C26H23ClN6O2. The zero-order chi connectivity index (χ0) is 24.2. The van der Waals surface area contributed by atoms with Crippen LogP contribution < -0.4 is 15.0 Å². The summed E-state index contributed by atoms with van der Waals surface area (Å²) in [5.41, 5.74) is 3.74. The first-order valence-electron chi connectivity index (χ1n) is 11.1. The number of hydrogen-bond acceptors (Lipinski definition) is 6. The first kappa shape index (κ1) is 22.6. The Morgan fingerprint density at radius 2 is 1.86 bits per heavy atom. The van der Waals surface area contributed by atoms with Gasteiger partial charge in [0, 0.05) is 11.6 Å². The molecule has 0 spiro atoms. The molecule has 0 radical (unpaired) electrons. The van der Waals surface area contributed by atoms with Crippen molar-refractivity contribution < 1.29 is 9.53 Å². The molecule has 0 bridgehead atoms. The normalized spacial score (nSPS) is 14.7. The molecule has 4 aromatic rings. The fourth-order valence-corrected chi connectivity index (χ4v) is 4.19. The minimum atomic E-state index is -0.247. The number of rotatable bonds is 7. The Balaban J connectivity index is 1.44. The van der Waals surface area contributed by atoms with Crippen LogP contribution in [-0.4, -0.2) is 39.8 Å². The Morgan fingerprint density at radius 1 is 1.06 bits per heavy atom. The number of ether oxygens (including phenoxy) is 1. The zero-order valence-corrected chi connectivity index (χ0v) is 19.8. The number of nitrogens with zero attached hydrogens (tertiary/aromatic N) is 5. The summed E-state index contributed by atoms with van der Waals surface area (Å²) in [7, 11) is 1.62. The van der Waals surface area contributed by atoms with Crippen molar-refractivity contribution in [3.63, 3.8) is 0 Å². The van der Waals surface area contributed by atoms with Crippen LogP contribution in [0.2, 0.25) is 5.02 Å². The van der Waals surface area contributed by atoms with Gasteiger partial charge in [0.15, 0.2) is 0 Å². The summed E-state index contributed by atoms with van der Waals surface area (Å²) >= 11 is 6.10. The number of aromatic nitrogens is 4. The van der Waals surface area contributed by atoms with Crippen LogP contribution in [0.3, 0.4) is 0 Å². The first-order chi connectivity index (χ1) is 17.1. The lowest BCUT2D eigenvalue weighted by Gasteiger charge is -2.32. The maximum absolute atomic E-state index is 13.0. The van der Waals surface area contributed by atoms with E-state index in [0.29, 0.717) is 17.5 Å². The number of fused-ring (bicyclic) bond motifs is 1. The average Bonchev–Trinajstić information content (AvgIpc) is 3.39. The Hall–Kier alpha value is -4.17. The number of hydrogen-bond donors (Lipinski definition) is 1. The molecule has 5 rings (SSSR count). The van der Waals surface area contributed by atoms with Crippen LogP contribution >= 0.6 is 11.6 Å². The lowest BCUT2D eigenvalue weighted by molar-refractivity contribution is -0.119. The highest BCUT2D eigenvalue weighted by molar-refractivity contribution is 6.30. The third-order valence-corrected chi connectivity index (χ3v) is 6.05. The fraction of sp³-hybridized carbons (Fsp3) is 0.154. The van der Waals surface area contributed by atoms with Crippen LogP contribution in [0.5, 0.6) is 5.75 Å². The van der Waals surface area contributed by atoms with Crippen LogP contribution in [-0.2, 0) is 11.3 Å². The van der Waals surface area contributed by atoms with E-state index in [1.165, 1.54) is 0 Å². The van der Waals surface area contributed by atoms with Gasteiger partial charge in [-0.25, -0.2) is 0 Å². The van der Waals surface area contributed by atoms with Gasteiger partial charge in [0.25, 0.3) is 5.95 Å². The molecule has 8 nitrogen and oxygen atoms in total. The smallest absolute Gasteiger partial charge is 0.251 e. The maximum atomic E-state index is 13.0. The highest BCUT2D eigenvalue weighted by atomic mass is 35.5. The fourth-order valence-electron chi connectivity index (χ4n) is 4.06. The number of anilines is 1. The topological polar surface area (TPSA) is 85.2 Å². The van der Waals surface area contributed by atoms with Gasteiger partial charge in [-0.15, -0.1) is 0 Å². The Kier molecular flexibility index (Phi) is 6.45. The second kappa shape index (κ2) is 9.99. The SMILES string of the molecule is COc1cccc(CNC(=O)CN2C(c3ccccc3)=C[C@H](c3ccc(Cl)cc3)n3nnnc32)c1. The molecule has 35 heavy (non-hydrogen) atoms.